The first kappa shape index (κ1) is 17.5. The Kier molecular flexibility index (Phi) is 5.80. The Morgan fingerprint density at radius 1 is 1.00 bits per heavy atom. The molecule has 0 atom stereocenters. The van der Waals surface area contributed by atoms with Gasteiger partial charge in [0.25, 0.3) is 0 Å². The zero-order valence-corrected chi connectivity index (χ0v) is 14.9. The van der Waals surface area contributed by atoms with Crippen LogP contribution in [0.4, 0.5) is 0 Å². The third-order valence-corrected chi connectivity index (χ3v) is 5.03. The molecule has 2 aromatic carbocycles. The van der Waals surface area contributed by atoms with Crippen LogP contribution in [0.15, 0.2) is 54.6 Å². The third-order valence-electron chi connectivity index (χ3n) is 3.80. The number of hydrogen-bond donors (Lipinski definition) is 0. The van der Waals surface area contributed by atoms with Crippen molar-refractivity contribution in [1.82, 2.24) is 4.90 Å². The number of carbonyl (C=O) groups excluding carboxylic acids is 1. The maximum Gasteiger partial charge on any atom is 0.222 e. The maximum absolute atomic E-state index is 11.9. The fraction of sp³-hybridized carbons (Fsp3) is 0.211. The molecule has 0 N–H and O–H groups in total. The van der Waals surface area contributed by atoms with Crippen molar-refractivity contribution in [3.05, 3.63) is 59.5 Å². The summed E-state index contributed by atoms with van der Waals surface area (Å²) in [5.74, 6) is 0.177. The van der Waals surface area contributed by atoms with Crippen molar-refractivity contribution < 1.29 is 4.79 Å². The predicted molar refractivity (Wildman–Crippen MR) is 102 cm³/mol. The van der Waals surface area contributed by atoms with E-state index in [2.05, 4.69) is 48.5 Å². The van der Waals surface area contributed by atoms with E-state index in [0.29, 0.717) is 6.42 Å². The summed E-state index contributed by atoms with van der Waals surface area (Å²) >= 11 is 1.80. The number of halogens is 1. The summed E-state index contributed by atoms with van der Waals surface area (Å²) in [6, 6.07) is 18.9. The van der Waals surface area contributed by atoms with E-state index in [0.717, 1.165) is 6.42 Å². The summed E-state index contributed by atoms with van der Waals surface area (Å²) < 4.78 is 1.29. The first-order valence-electron chi connectivity index (χ1n) is 7.43. The van der Waals surface area contributed by atoms with Crippen LogP contribution < -0.4 is 0 Å². The lowest BCUT2D eigenvalue weighted by atomic mass is 10.0. The number of rotatable bonds is 4. The molecule has 0 unspecified atom stereocenters. The number of fused-ring (bicyclic) bond motifs is 1. The van der Waals surface area contributed by atoms with Gasteiger partial charge in [0.05, 0.1) is 0 Å². The lowest BCUT2D eigenvalue weighted by Crippen LogP contribution is -2.21. The summed E-state index contributed by atoms with van der Waals surface area (Å²) in [6.45, 7) is 0. The molecule has 0 spiro atoms. The molecular formula is C19H20ClNOS. The second kappa shape index (κ2) is 7.62. The molecule has 0 saturated carbocycles. The number of carbonyl (C=O) groups is 1. The highest BCUT2D eigenvalue weighted by Crippen LogP contribution is 2.39. The van der Waals surface area contributed by atoms with E-state index in [1.165, 1.54) is 26.1 Å². The van der Waals surface area contributed by atoms with Crippen molar-refractivity contribution in [2.75, 3.05) is 14.1 Å². The second-order valence-corrected chi connectivity index (χ2v) is 6.69. The fourth-order valence-electron chi connectivity index (χ4n) is 2.64. The Balaban J connectivity index is 0.00000192. The highest BCUT2D eigenvalue weighted by atomic mass is 35.5. The van der Waals surface area contributed by atoms with Gasteiger partial charge in [-0.05, 0) is 18.1 Å². The minimum atomic E-state index is 0. The average molecular weight is 346 g/mol. The topological polar surface area (TPSA) is 20.3 Å². The highest BCUT2D eigenvalue weighted by Gasteiger charge is 2.15. The van der Waals surface area contributed by atoms with Crippen molar-refractivity contribution in [3.8, 4) is 11.1 Å². The molecule has 3 rings (SSSR count). The van der Waals surface area contributed by atoms with Crippen molar-refractivity contribution in [2.45, 2.75) is 12.8 Å². The van der Waals surface area contributed by atoms with Crippen LogP contribution >= 0.6 is 23.7 Å². The molecule has 4 heteroatoms. The minimum Gasteiger partial charge on any atom is -0.349 e. The van der Waals surface area contributed by atoms with Crippen LogP contribution in [0, 0.1) is 0 Å². The van der Waals surface area contributed by atoms with Gasteiger partial charge in [0.1, 0.15) is 0 Å². The van der Waals surface area contributed by atoms with E-state index in [1.54, 1.807) is 16.2 Å². The first-order valence-corrected chi connectivity index (χ1v) is 8.24. The average Bonchev–Trinajstić information content (AvgIpc) is 2.91. The van der Waals surface area contributed by atoms with E-state index >= 15 is 0 Å². The smallest absolute Gasteiger partial charge is 0.222 e. The molecule has 0 bridgehead atoms. The Morgan fingerprint density at radius 3 is 2.35 bits per heavy atom. The van der Waals surface area contributed by atoms with E-state index < -0.39 is 0 Å². The van der Waals surface area contributed by atoms with Crippen LogP contribution in [0.5, 0.6) is 0 Å². The molecule has 0 aliphatic heterocycles. The Morgan fingerprint density at radius 2 is 1.65 bits per heavy atom. The number of nitrogens with zero attached hydrogens (tertiary/aromatic N) is 1. The zero-order chi connectivity index (χ0) is 15.5. The molecule has 1 heterocycles. The molecule has 0 saturated heterocycles. The first-order chi connectivity index (χ1) is 10.7. The Hall–Kier alpha value is -1.84. The van der Waals surface area contributed by atoms with Crippen molar-refractivity contribution in [3.63, 3.8) is 0 Å². The molecule has 0 aliphatic rings. The predicted octanol–water partition coefficient (Wildman–Crippen LogP) is 5.01. The van der Waals surface area contributed by atoms with E-state index in [-0.39, 0.29) is 18.3 Å². The molecule has 2 nitrogen and oxygen atoms in total. The normalized spacial score (nSPS) is 10.3. The molecule has 120 valence electrons. The Labute approximate surface area is 147 Å². The van der Waals surface area contributed by atoms with Crippen LogP contribution in [0.3, 0.4) is 0 Å². The Bertz CT molecular complexity index is 795. The van der Waals surface area contributed by atoms with Crippen LogP contribution in [-0.2, 0) is 11.2 Å². The van der Waals surface area contributed by atoms with Crippen molar-refractivity contribution >= 4 is 39.7 Å². The molecule has 3 aromatic rings. The number of thiophene rings is 1. The summed E-state index contributed by atoms with van der Waals surface area (Å²) in [5, 5.41) is 1.28. The molecule has 0 fully saturated rings. The van der Waals surface area contributed by atoms with Crippen molar-refractivity contribution in [2.24, 2.45) is 0 Å². The molecule has 0 aliphatic carbocycles. The summed E-state index contributed by atoms with van der Waals surface area (Å²) in [4.78, 5) is 14.9. The number of hydrogen-bond acceptors (Lipinski definition) is 2. The number of aryl methyl sites for hydroxylation is 1. The quantitative estimate of drug-likeness (QED) is 0.650. The van der Waals surface area contributed by atoms with Gasteiger partial charge in [0.15, 0.2) is 0 Å². The van der Waals surface area contributed by atoms with E-state index in [9.17, 15) is 4.79 Å². The van der Waals surface area contributed by atoms with E-state index in [4.69, 9.17) is 0 Å². The van der Waals surface area contributed by atoms with Gasteiger partial charge in [0, 0.05) is 41.0 Å². The molecular weight excluding hydrogens is 326 g/mol. The van der Waals surface area contributed by atoms with E-state index in [1.807, 2.05) is 20.2 Å². The van der Waals surface area contributed by atoms with Gasteiger partial charge in [-0.25, -0.2) is 0 Å². The highest BCUT2D eigenvalue weighted by molar-refractivity contribution is 7.19. The monoisotopic (exact) mass is 345 g/mol. The van der Waals surface area contributed by atoms with Gasteiger partial charge < -0.3 is 4.90 Å². The summed E-state index contributed by atoms with van der Waals surface area (Å²) in [5.41, 5.74) is 2.51. The van der Waals surface area contributed by atoms with Crippen LogP contribution in [-0.4, -0.2) is 24.9 Å². The summed E-state index contributed by atoms with van der Waals surface area (Å²) in [6.07, 6.45) is 1.35. The van der Waals surface area contributed by atoms with Crippen molar-refractivity contribution in [1.29, 1.82) is 0 Å². The molecule has 0 radical (unpaired) electrons. The number of amides is 1. The van der Waals surface area contributed by atoms with Gasteiger partial charge in [-0.2, -0.15) is 0 Å². The summed E-state index contributed by atoms with van der Waals surface area (Å²) in [7, 11) is 3.62. The van der Waals surface area contributed by atoms with Gasteiger partial charge >= 0.3 is 0 Å². The largest absolute Gasteiger partial charge is 0.349 e. The SMILES string of the molecule is CN(C)C(=O)CCc1sc2ccccc2c1-c1ccccc1.Cl. The van der Waals surface area contributed by atoms with Gasteiger partial charge in [-0.3, -0.25) is 4.79 Å². The van der Waals surface area contributed by atoms with Crippen LogP contribution in [0.1, 0.15) is 11.3 Å². The van der Waals surface area contributed by atoms with Gasteiger partial charge in [-0.1, -0.05) is 48.5 Å². The standard InChI is InChI=1S/C19H19NOS.ClH/c1-20(2)18(21)13-12-17-19(14-8-4-3-5-9-14)15-10-6-7-11-16(15)22-17;/h3-11H,12-13H2,1-2H3;1H. The minimum absolute atomic E-state index is 0. The number of benzene rings is 2. The molecule has 1 amide bonds. The third kappa shape index (κ3) is 3.74. The van der Waals surface area contributed by atoms with Gasteiger partial charge in [0.2, 0.25) is 5.91 Å². The lowest BCUT2D eigenvalue weighted by Gasteiger charge is -2.10. The molecule has 1 aromatic heterocycles. The zero-order valence-electron chi connectivity index (χ0n) is 13.3. The van der Waals surface area contributed by atoms with Crippen LogP contribution in [0.2, 0.25) is 0 Å². The second-order valence-electron chi connectivity index (χ2n) is 5.55. The fourth-order valence-corrected chi connectivity index (χ4v) is 3.86. The van der Waals surface area contributed by atoms with Crippen LogP contribution in [0.25, 0.3) is 21.2 Å². The van der Waals surface area contributed by atoms with Gasteiger partial charge in [-0.15, -0.1) is 23.7 Å². The molecule has 23 heavy (non-hydrogen) atoms. The maximum atomic E-state index is 11.9. The lowest BCUT2D eigenvalue weighted by molar-refractivity contribution is -0.128.